The molecule has 6 nitrogen and oxygen atoms in total. The van der Waals surface area contributed by atoms with Crippen LogP contribution in [0.2, 0.25) is 0 Å². The summed E-state index contributed by atoms with van der Waals surface area (Å²) < 4.78 is 5.17. The van der Waals surface area contributed by atoms with Gasteiger partial charge in [0.1, 0.15) is 0 Å². The number of nitrogens with zero attached hydrogens (tertiary/aromatic N) is 4. The van der Waals surface area contributed by atoms with Crippen LogP contribution in [0.3, 0.4) is 0 Å². The Morgan fingerprint density at radius 1 is 1.17 bits per heavy atom. The zero-order valence-corrected chi connectivity index (χ0v) is 10.4. The van der Waals surface area contributed by atoms with Crippen molar-refractivity contribution in [3.05, 3.63) is 24.7 Å². The van der Waals surface area contributed by atoms with Crippen LogP contribution < -0.4 is 10.1 Å². The average molecular weight is 245 g/mol. The van der Waals surface area contributed by atoms with Gasteiger partial charge in [-0.3, -0.25) is 0 Å². The minimum Gasteiger partial charge on any atom is -0.479 e. The SMILES string of the molecule is CCCNc1nccc(-c2nccnc2OC)n1. The number of methoxy groups -OCH3 is 1. The van der Waals surface area contributed by atoms with Gasteiger partial charge in [0.25, 0.3) is 0 Å². The molecular weight excluding hydrogens is 230 g/mol. The molecule has 2 rings (SSSR count). The topological polar surface area (TPSA) is 72.8 Å². The fraction of sp³-hybridized carbons (Fsp3) is 0.333. The lowest BCUT2D eigenvalue weighted by Gasteiger charge is -2.07. The number of ether oxygens (including phenoxy) is 1. The van der Waals surface area contributed by atoms with E-state index in [0.717, 1.165) is 13.0 Å². The Labute approximate surface area is 105 Å². The van der Waals surface area contributed by atoms with E-state index in [9.17, 15) is 0 Å². The predicted molar refractivity (Wildman–Crippen MR) is 68.4 cm³/mol. The summed E-state index contributed by atoms with van der Waals surface area (Å²) in [5, 5.41) is 3.13. The minimum atomic E-state index is 0.456. The van der Waals surface area contributed by atoms with E-state index in [1.54, 1.807) is 31.8 Å². The molecule has 0 aromatic carbocycles. The Hall–Kier alpha value is -2.24. The molecule has 0 spiro atoms. The first-order valence-corrected chi connectivity index (χ1v) is 5.77. The average Bonchev–Trinajstić information content (AvgIpc) is 2.45. The van der Waals surface area contributed by atoms with Gasteiger partial charge in [-0.25, -0.2) is 19.9 Å². The number of nitrogens with one attached hydrogen (secondary N) is 1. The summed E-state index contributed by atoms with van der Waals surface area (Å²) in [5.41, 5.74) is 1.30. The number of rotatable bonds is 5. The van der Waals surface area contributed by atoms with E-state index in [2.05, 4.69) is 32.2 Å². The Morgan fingerprint density at radius 3 is 2.78 bits per heavy atom. The highest BCUT2D eigenvalue weighted by Crippen LogP contribution is 2.23. The van der Waals surface area contributed by atoms with Crippen molar-refractivity contribution in [2.75, 3.05) is 19.0 Å². The lowest BCUT2D eigenvalue weighted by molar-refractivity contribution is 0.397. The van der Waals surface area contributed by atoms with E-state index in [0.29, 0.717) is 23.2 Å². The highest BCUT2D eigenvalue weighted by atomic mass is 16.5. The zero-order valence-electron chi connectivity index (χ0n) is 10.4. The first-order valence-electron chi connectivity index (χ1n) is 5.77. The van der Waals surface area contributed by atoms with Crippen molar-refractivity contribution >= 4 is 5.95 Å². The largest absolute Gasteiger partial charge is 0.479 e. The molecule has 0 aliphatic rings. The third-order valence-corrected chi connectivity index (χ3v) is 2.29. The second-order valence-electron chi connectivity index (χ2n) is 3.61. The van der Waals surface area contributed by atoms with E-state index < -0.39 is 0 Å². The van der Waals surface area contributed by atoms with Gasteiger partial charge in [0.05, 0.1) is 12.8 Å². The molecule has 0 saturated heterocycles. The molecule has 0 aliphatic heterocycles. The van der Waals surface area contributed by atoms with Crippen molar-refractivity contribution in [2.45, 2.75) is 13.3 Å². The van der Waals surface area contributed by atoms with Gasteiger partial charge >= 0.3 is 0 Å². The van der Waals surface area contributed by atoms with Crippen LogP contribution in [0.25, 0.3) is 11.4 Å². The van der Waals surface area contributed by atoms with Gasteiger partial charge in [-0.2, -0.15) is 0 Å². The van der Waals surface area contributed by atoms with Crippen molar-refractivity contribution in [2.24, 2.45) is 0 Å². The van der Waals surface area contributed by atoms with Gasteiger partial charge in [-0.1, -0.05) is 6.92 Å². The molecule has 1 N–H and O–H groups in total. The molecule has 2 aromatic rings. The summed E-state index contributed by atoms with van der Waals surface area (Å²) in [6.45, 7) is 2.92. The van der Waals surface area contributed by atoms with Crippen molar-refractivity contribution in [1.82, 2.24) is 19.9 Å². The molecule has 0 bridgehead atoms. The van der Waals surface area contributed by atoms with Crippen LogP contribution in [-0.2, 0) is 0 Å². The van der Waals surface area contributed by atoms with Crippen molar-refractivity contribution in [3.63, 3.8) is 0 Å². The maximum absolute atomic E-state index is 5.17. The molecule has 94 valence electrons. The molecule has 0 radical (unpaired) electrons. The lowest BCUT2D eigenvalue weighted by atomic mass is 10.3. The van der Waals surface area contributed by atoms with Crippen LogP contribution in [0.1, 0.15) is 13.3 Å². The van der Waals surface area contributed by atoms with E-state index in [1.807, 2.05) is 0 Å². The first kappa shape index (κ1) is 12.2. The number of hydrogen-bond donors (Lipinski definition) is 1. The molecule has 18 heavy (non-hydrogen) atoms. The molecule has 0 atom stereocenters. The highest BCUT2D eigenvalue weighted by molar-refractivity contribution is 5.60. The lowest BCUT2D eigenvalue weighted by Crippen LogP contribution is -2.05. The van der Waals surface area contributed by atoms with E-state index >= 15 is 0 Å². The summed E-state index contributed by atoms with van der Waals surface area (Å²) in [5.74, 6) is 1.04. The second-order valence-corrected chi connectivity index (χ2v) is 3.61. The van der Waals surface area contributed by atoms with E-state index in [-0.39, 0.29) is 0 Å². The van der Waals surface area contributed by atoms with Crippen LogP contribution in [0, 0.1) is 0 Å². The molecule has 2 heterocycles. The molecular formula is C12H15N5O. The molecule has 0 saturated carbocycles. The Morgan fingerprint density at radius 2 is 2.00 bits per heavy atom. The van der Waals surface area contributed by atoms with Crippen molar-refractivity contribution < 1.29 is 4.74 Å². The van der Waals surface area contributed by atoms with Gasteiger partial charge in [-0.15, -0.1) is 0 Å². The number of aromatic nitrogens is 4. The summed E-state index contributed by atoms with van der Waals surface area (Å²) in [4.78, 5) is 16.9. The second kappa shape index (κ2) is 5.90. The van der Waals surface area contributed by atoms with Gasteiger partial charge in [0.15, 0.2) is 5.69 Å². The highest BCUT2D eigenvalue weighted by Gasteiger charge is 2.10. The van der Waals surface area contributed by atoms with Crippen LogP contribution in [-0.4, -0.2) is 33.6 Å². The molecule has 0 aliphatic carbocycles. The van der Waals surface area contributed by atoms with Gasteiger partial charge in [0.2, 0.25) is 11.8 Å². The minimum absolute atomic E-state index is 0.456. The van der Waals surface area contributed by atoms with Gasteiger partial charge in [-0.05, 0) is 12.5 Å². The Kier molecular flexibility index (Phi) is 4.01. The fourth-order valence-corrected chi connectivity index (χ4v) is 1.46. The zero-order chi connectivity index (χ0) is 12.8. The number of hydrogen-bond acceptors (Lipinski definition) is 6. The monoisotopic (exact) mass is 245 g/mol. The first-order chi connectivity index (χ1) is 8.85. The Balaban J connectivity index is 2.32. The van der Waals surface area contributed by atoms with Crippen molar-refractivity contribution in [1.29, 1.82) is 0 Å². The Bertz CT molecular complexity index is 517. The summed E-state index contributed by atoms with van der Waals surface area (Å²) >= 11 is 0. The predicted octanol–water partition coefficient (Wildman–Crippen LogP) is 1.76. The summed E-state index contributed by atoms with van der Waals surface area (Å²) in [6, 6.07) is 1.78. The van der Waals surface area contributed by atoms with Crippen LogP contribution >= 0.6 is 0 Å². The third-order valence-electron chi connectivity index (χ3n) is 2.29. The van der Waals surface area contributed by atoms with E-state index in [4.69, 9.17) is 4.74 Å². The van der Waals surface area contributed by atoms with Gasteiger partial charge in [0, 0.05) is 25.1 Å². The van der Waals surface area contributed by atoms with Crippen LogP contribution in [0.4, 0.5) is 5.95 Å². The van der Waals surface area contributed by atoms with E-state index in [1.165, 1.54) is 0 Å². The van der Waals surface area contributed by atoms with Gasteiger partial charge < -0.3 is 10.1 Å². The smallest absolute Gasteiger partial charge is 0.241 e. The standard InChI is InChI=1S/C12H15N5O/c1-3-5-15-12-16-6-4-9(17-12)10-11(18-2)14-8-7-13-10/h4,6-8H,3,5H2,1-2H3,(H,15,16,17). The third kappa shape index (κ3) is 2.71. The molecule has 6 heteroatoms. The molecule has 2 aromatic heterocycles. The quantitative estimate of drug-likeness (QED) is 0.865. The summed E-state index contributed by atoms with van der Waals surface area (Å²) in [7, 11) is 1.56. The fourth-order valence-electron chi connectivity index (χ4n) is 1.46. The number of anilines is 1. The van der Waals surface area contributed by atoms with Crippen LogP contribution in [0.15, 0.2) is 24.7 Å². The molecule has 0 amide bonds. The molecule has 0 unspecified atom stereocenters. The molecule has 0 fully saturated rings. The maximum Gasteiger partial charge on any atom is 0.241 e. The normalized spacial score (nSPS) is 10.1. The summed E-state index contributed by atoms with van der Waals surface area (Å²) in [6.07, 6.45) is 5.90. The van der Waals surface area contributed by atoms with Crippen molar-refractivity contribution in [3.8, 4) is 17.3 Å². The van der Waals surface area contributed by atoms with Crippen LogP contribution in [0.5, 0.6) is 5.88 Å². The maximum atomic E-state index is 5.17.